The van der Waals surface area contributed by atoms with Gasteiger partial charge in [0.1, 0.15) is 0 Å². The van der Waals surface area contributed by atoms with Crippen molar-refractivity contribution in [1.29, 1.82) is 0 Å². The maximum Gasteiger partial charge on any atom is 0.337 e. The van der Waals surface area contributed by atoms with Gasteiger partial charge >= 0.3 is 5.97 Å². The summed E-state index contributed by atoms with van der Waals surface area (Å²) in [5.41, 5.74) is 2.00. The summed E-state index contributed by atoms with van der Waals surface area (Å²) >= 11 is 2.22. The van der Waals surface area contributed by atoms with E-state index >= 15 is 0 Å². The van der Waals surface area contributed by atoms with Crippen LogP contribution in [0.15, 0.2) is 42.7 Å². The Bertz CT molecular complexity index is 540. The summed E-state index contributed by atoms with van der Waals surface area (Å²) in [7, 11) is 0. The van der Waals surface area contributed by atoms with E-state index in [4.69, 9.17) is 5.11 Å². The number of nitrogens with zero attached hydrogens (tertiary/aromatic N) is 1. The Morgan fingerprint density at radius 3 is 2.69 bits per heavy atom. The lowest BCUT2D eigenvalue weighted by Crippen LogP contribution is -1.97. The van der Waals surface area contributed by atoms with Crippen LogP contribution in [0.25, 0.3) is 11.1 Å². The van der Waals surface area contributed by atoms with Crippen LogP contribution in [0.2, 0.25) is 0 Å². The first-order valence-corrected chi connectivity index (χ1v) is 5.69. The number of aromatic carboxylic acids is 1. The molecule has 0 atom stereocenters. The van der Waals surface area contributed by atoms with Gasteiger partial charge in [0, 0.05) is 21.5 Å². The van der Waals surface area contributed by atoms with Gasteiger partial charge in [0.25, 0.3) is 0 Å². The number of aromatic nitrogens is 1. The van der Waals surface area contributed by atoms with E-state index < -0.39 is 5.97 Å². The fourth-order valence-corrected chi connectivity index (χ4v) is 1.93. The average molecular weight is 325 g/mol. The number of hydrogen-bond donors (Lipinski definition) is 1. The van der Waals surface area contributed by atoms with Crippen molar-refractivity contribution in [2.24, 2.45) is 0 Å². The molecule has 1 heterocycles. The zero-order valence-corrected chi connectivity index (χ0v) is 10.4. The second kappa shape index (κ2) is 4.61. The molecule has 0 fully saturated rings. The molecule has 2 aromatic rings. The van der Waals surface area contributed by atoms with Gasteiger partial charge in [-0.3, -0.25) is 4.98 Å². The number of pyridine rings is 1. The summed E-state index contributed by atoms with van der Waals surface area (Å²) in [6.07, 6.45) is 3.01. The molecule has 1 aromatic carbocycles. The minimum Gasteiger partial charge on any atom is -0.478 e. The lowest BCUT2D eigenvalue weighted by Gasteiger charge is -2.02. The van der Waals surface area contributed by atoms with Gasteiger partial charge in [-0.05, 0) is 46.4 Å². The van der Waals surface area contributed by atoms with E-state index in [0.29, 0.717) is 0 Å². The fourth-order valence-electron chi connectivity index (χ4n) is 1.38. The van der Waals surface area contributed by atoms with Crippen molar-refractivity contribution in [3.63, 3.8) is 0 Å². The maximum atomic E-state index is 10.8. The molecule has 16 heavy (non-hydrogen) atoms. The van der Waals surface area contributed by atoms with Crippen LogP contribution in [0.1, 0.15) is 10.4 Å². The Morgan fingerprint density at radius 1 is 1.19 bits per heavy atom. The summed E-state index contributed by atoms with van der Waals surface area (Å²) in [6.45, 7) is 0. The molecule has 80 valence electrons. The van der Waals surface area contributed by atoms with E-state index in [9.17, 15) is 4.79 Å². The molecule has 0 amide bonds. The van der Waals surface area contributed by atoms with Crippen LogP contribution in [-0.4, -0.2) is 16.1 Å². The van der Waals surface area contributed by atoms with E-state index in [1.165, 1.54) is 6.20 Å². The third-order valence-electron chi connectivity index (χ3n) is 2.14. The zero-order valence-electron chi connectivity index (χ0n) is 8.22. The van der Waals surface area contributed by atoms with E-state index in [1.807, 2.05) is 24.3 Å². The highest BCUT2D eigenvalue weighted by Crippen LogP contribution is 2.21. The molecule has 0 aliphatic heterocycles. The predicted molar refractivity (Wildman–Crippen MR) is 69.3 cm³/mol. The Balaban J connectivity index is 2.48. The van der Waals surface area contributed by atoms with E-state index in [-0.39, 0.29) is 5.56 Å². The standard InChI is InChI=1S/C12H8INO2/c13-11-3-1-2-8(5-11)9-4-10(12(15)16)7-14-6-9/h1-7H,(H,15,16). The van der Waals surface area contributed by atoms with Crippen LogP contribution in [0.5, 0.6) is 0 Å². The maximum absolute atomic E-state index is 10.8. The first-order chi connectivity index (χ1) is 7.66. The lowest BCUT2D eigenvalue weighted by atomic mass is 10.1. The molecular weight excluding hydrogens is 317 g/mol. The van der Waals surface area contributed by atoms with Crippen molar-refractivity contribution in [2.75, 3.05) is 0 Å². The second-order valence-corrected chi connectivity index (χ2v) is 4.52. The van der Waals surface area contributed by atoms with Crippen molar-refractivity contribution in [2.45, 2.75) is 0 Å². The molecule has 3 nitrogen and oxygen atoms in total. The Hall–Kier alpha value is -1.43. The van der Waals surface area contributed by atoms with Gasteiger partial charge < -0.3 is 5.11 Å². The van der Waals surface area contributed by atoms with Crippen molar-refractivity contribution < 1.29 is 9.90 Å². The average Bonchev–Trinajstić information content (AvgIpc) is 2.29. The van der Waals surface area contributed by atoms with E-state index in [0.717, 1.165) is 14.7 Å². The quantitative estimate of drug-likeness (QED) is 0.864. The highest BCUT2D eigenvalue weighted by molar-refractivity contribution is 14.1. The number of carbonyl (C=O) groups is 1. The number of carboxylic acid groups (broad SMARTS) is 1. The van der Waals surface area contributed by atoms with Gasteiger partial charge in [-0.2, -0.15) is 0 Å². The van der Waals surface area contributed by atoms with Crippen molar-refractivity contribution in [3.8, 4) is 11.1 Å². The number of hydrogen-bond acceptors (Lipinski definition) is 2. The molecule has 4 heteroatoms. The van der Waals surface area contributed by atoms with Gasteiger partial charge in [0.2, 0.25) is 0 Å². The third kappa shape index (κ3) is 2.38. The van der Waals surface area contributed by atoms with Gasteiger partial charge in [0.05, 0.1) is 5.56 Å². The van der Waals surface area contributed by atoms with Gasteiger partial charge in [-0.25, -0.2) is 4.79 Å². The molecule has 0 bridgehead atoms. The van der Waals surface area contributed by atoms with Crippen LogP contribution in [0, 0.1) is 3.57 Å². The number of carboxylic acids is 1. The molecule has 0 aliphatic rings. The van der Waals surface area contributed by atoms with Crippen LogP contribution in [-0.2, 0) is 0 Å². The highest BCUT2D eigenvalue weighted by Gasteiger charge is 2.05. The van der Waals surface area contributed by atoms with Gasteiger partial charge in [-0.15, -0.1) is 0 Å². The fraction of sp³-hybridized carbons (Fsp3) is 0. The van der Waals surface area contributed by atoms with Crippen molar-refractivity contribution in [3.05, 3.63) is 51.9 Å². The predicted octanol–water partition coefficient (Wildman–Crippen LogP) is 3.05. The van der Waals surface area contributed by atoms with Gasteiger partial charge in [-0.1, -0.05) is 12.1 Å². The molecule has 2 rings (SSSR count). The number of rotatable bonds is 2. The molecular formula is C12H8INO2. The molecule has 1 aromatic heterocycles. The van der Waals surface area contributed by atoms with E-state index in [2.05, 4.69) is 27.6 Å². The number of benzene rings is 1. The molecule has 0 radical (unpaired) electrons. The van der Waals surface area contributed by atoms with Crippen molar-refractivity contribution >= 4 is 28.6 Å². The SMILES string of the molecule is O=C(O)c1cncc(-c2cccc(I)c2)c1. The van der Waals surface area contributed by atoms with Crippen LogP contribution in [0.3, 0.4) is 0 Å². The summed E-state index contributed by atoms with van der Waals surface area (Å²) in [4.78, 5) is 14.7. The first kappa shape index (κ1) is 11.1. The first-order valence-electron chi connectivity index (χ1n) is 4.61. The molecule has 0 saturated heterocycles. The largest absolute Gasteiger partial charge is 0.478 e. The lowest BCUT2D eigenvalue weighted by molar-refractivity contribution is 0.0696. The van der Waals surface area contributed by atoms with Crippen molar-refractivity contribution in [1.82, 2.24) is 4.98 Å². The smallest absolute Gasteiger partial charge is 0.337 e. The summed E-state index contributed by atoms with van der Waals surface area (Å²) < 4.78 is 1.11. The molecule has 0 spiro atoms. The zero-order chi connectivity index (χ0) is 11.5. The molecule has 1 N–H and O–H groups in total. The summed E-state index contributed by atoms with van der Waals surface area (Å²) in [6, 6.07) is 9.47. The summed E-state index contributed by atoms with van der Waals surface area (Å²) in [5, 5.41) is 8.87. The Kier molecular flexibility index (Phi) is 3.19. The monoisotopic (exact) mass is 325 g/mol. The highest BCUT2D eigenvalue weighted by atomic mass is 127. The Labute approximate surface area is 106 Å². The van der Waals surface area contributed by atoms with Crippen LogP contribution >= 0.6 is 22.6 Å². The third-order valence-corrected chi connectivity index (χ3v) is 2.81. The van der Waals surface area contributed by atoms with Gasteiger partial charge in [0.15, 0.2) is 0 Å². The number of halogens is 1. The normalized spacial score (nSPS) is 10.1. The van der Waals surface area contributed by atoms with Crippen LogP contribution < -0.4 is 0 Å². The molecule has 0 saturated carbocycles. The molecule has 0 unspecified atom stereocenters. The van der Waals surface area contributed by atoms with Crippen LogP contribution in [0.4, 0.5) is 0 Å². The Morgan fingerprint density at radius 2 is 2.00 bits per heavy atom. The minimum atomic E-state index is -0.958. The summed E-state index contributed by atoms with van der Waals surface area (Å²) in [5.74, 6) is -0.958. The topological polar surface area (TPSA) is 50.2 Å². The second-order valence-electron chi connectivity index (χ2n) is 3.28. The molecule has 0 aliphatic carbocycles. The minimum absolute atomic E-state index is 0.205. The van der Waals surface area contributed by atoms with E-state index in [1.54, 1.807) is 12.3 Å².